The van der Waals surface area contributed by atoms with E-state index in [0.29, 0.717) is 16.8 Å². The summed E-state index contributed by atoms with van der Waals surface area (Å²) in [6, 6.07) is -0.232. The van der Waals surface area contributed by atoms with Crippen LogP contribution < -0.4 is 16.4 Å². The van der Waals surface area contributed by atoms with Gasteiger partial charge in [-0.25, -0.2) is 8.42 Å². The topological polar surface area (TPSA) is 117 Å². The van der Waals surface area contributed by atoms with Crippen LogP contribution in [0.15, 0.2) is 4.99 Å². The fraction of sp³-hybridized carbons (Fsp3) is 0.857. The lowest BCUT2D eigenvalue weighted by Gasteiger charge is -2.32. The molecule has 27 heavy (non-hydrogen) atoms. The van der Waals surface area contributed by atoms with Gasteiger partial charge in [0.05, 0.1) is 12.0 Å². The molecule has 0 aromatic heterocycles. The lowest BCUT2D eigenvalue weighted by molar-refractivity contribution is -0.125. The van der Waals surface area contributed by atoms with Crippen LogP contribution >= 0.6 is 24.0 Å². The van der Waals surface area contributed by atoms with Crippen molar-refractivity contribution in [2.75, 3.05) is 26.2 Å². The highest BCUT2D eigenvalue weighted by Gasteiger charge is 2.50. The molecule has 0 unspecified atom stereocenters. The van der Waals surface area contributed by atoms with Gasteiger partial charge < -0.3 is 16.4 Å². The molecule has 0 bridgehead atoms. The number of nitrogens with zero attached hydrogens (tertiary/aromatic N) is 2. The first kappa shape index (κ1) is 26.2. The Morgan fingerprint density at radius 1 is 1.26 bits per heavy atom. The Bertz CT molecular complexity index is 632. The molecule has 13 heteroatoms. The molecule has 1 aliphatic heterocycles. The second-order valence-corrected chi connectivity index (χ2v) is 8.64. The maximum Gasteiger partial charge on any atom is 0.511 e. The van der Waals surface area contributed by atoms with Crippen molar-refractivity contribution < 1.29 is 26.4 Å². The number of nitrogens with one attached hydrogen (secondary N) is 2. The number of aliphatic imine (C=N–C) groups is 1. The minimum Gasteiger partial charge on any atom is -0.369 e. The van der Waals surface area contributed by atoms with E-state index in [0.717, 1.165) is 0 Å². The Hall–Kier alpha value is -0.830. The Kier molecular flexibility index (Phi) is 9.78. The molecule has 4 N–H and O–H groups in total. The molecule has 1 fully saturated rings. The van der Waals surface area contributed by atoms with Crippen molar-refractivity contribution in [2.45, 2.75) is 45.2 Å². The molecule has 0 aliphatic carbocycles. The normalized spacial score (nSPS) is 17.9. The zero-order valence-corrected chi connectivity index (χ0v) is 18.6. The summed E-state index contributed by atoms with van der Waals surface area (Å²) in [5, 5.41) is 6.05. The van der Waals surface area contributed by atoms with E-state index in [-0.39, 0.29) is 62.5 Å². The van der Waals surface area contributed by atoms with Crippen LogP contribution in [0.4, 0.5) is 13.2 Å². The van der Waals surface area contributed by atoms with Crippen LogP contribution in [-0.4, -0.2) is 62.3 Å². The molecule has 1 heterocycles. The first-order valence-electron chi connectivity index (χ1n) is 8.22. The Morgan fingerprint density at radius 2 is 1.78 bits per heavy atom. The molecule has 1 rings (SSSR count). The van der Waals surface area contributed by atoms with Gasteiger partial charge in [-0.2, -0.15) is 17.5 Å². The fourth-order valence-electron chi connectivity index (χ4n) is 2.25. The van der Waals surface area contributed by atoms with Crippen LogP contribution in [0.3, 0.4) is 0 Å². The number of alkyl halides is 3. The van der Waals surface area contributed by atoms with Gasteiger partial charge in [0.15, 0.2) is 5.96 Å². The number of nitrogens with two attached hydrogens (primary N) is 1. The smallest absolute Gasteiger partial charge is 0.369 e. The van der Waals surface area contributed by atoms with Gasteiger partial charge in [0.1, 0.15) is 0 Å². The van der Waals surface area contributed by atoms with E-state index in [1.807, 2.05) is 6.92 Å². The van der Waals surface area contributed by atoms with Crippen LogP contribution in [0.25, 0.3) is 0 Å². The summed E-state index contributed by atoms with van der Waals surface area (Å²) in [6.07, 6.45) is 0.415. The maximum absolute atomic E-state index is 12.6. The minimum absolute atomic E-state index is 0. The number of hydrogen-bond acceptors (Lipinski definition) is 4. The number of sulfonamides is 1. The standard InChI is InChI=1S/C14H26F3N5O3S.HI/c1-4-19-12(20-9-13(2,3)11(18)23)21-10-5-7-22(8-6-10)26(24,25)14(15,16)17;/h10H,4-9H2,1-3H3,(H2,18,23)(H2,19,20,21);1H. The summed E-state index contributed by atoms with van der Waals surface area (Å²) >= 11 is 0. The summed E-state index contributed by atoms with van der Waals surface area (Å²) in [7, 11) is -5.29. The van der Waals surface area contributed by atoms with E-state index < -0.39 is 26.9 Å². The fourth-order valence-corrected chi connectivity index (χ4v) is 3.24. The number of rotatable bonds is 6. The third-order valence-electron chi connectivity index (χ3n) is 4.07. The van der Waals surface area contributed by atoms with E-state index in [2.05, 4.69) is 15.6 Å². The number of piperidine rings is 1. The average molecular weight is 529 g/mol. The summed E-state index contributed by atoms with van der Waals surface area (Å²) < 4.78 is 61.1. The summed E-state index contributed by atoms with van der Waals surface area (Å²) in [6.45, 7) is 5.38. The molecule has 0 aromatic carbocycles. The minimum atomic E-state index is -5.29. The SMILES string of the molecule is CCNC(=NCC(C)(C)C(N)=O)NC1CCN(S(=O)(=O)C(F)(F)F)CC1.I. The number of amides is 1. The van der Waals surface area contributed by atoms with Crippen molar-refractivity contribution in [2.24, 2.45) is 16.1 Å². The predicted molar refractivity (Wildman–Crippen MR) is 107 cm³/mol. The van der Waals surface area contributed by atoms with E-state index in [4.69, 9.17) is 5.73 Å². The molecule has 1 aliphatic rings. The summed E-state index contributed by atoms with van der Waals surface area (Å²) in [4.78, 5) is 15.6. The zero-order chi connectivity index (χ0) is 20.2. The molecule has 0 radical (unpaired) electrons. The number of halogens is 4. The lowest BCUT2D eigenvalue weighted by atomic mass is 9.93. The third kappa shape index (κ3) is 7.25. The first-order chi connectivity index (χ1) is 11.8. The van der Waals surface area contributed by atoms with Gasteiger partial charge in [0, 0.05) is 25.7 Å². The van der Waals surface area contributed by atoms with Crippen molar-refractivity contribution >= 4 is 45.9 Å². The molecular weight excluding hydrogens is 502 g/mol. The largest absolute Gasteiger partial charge is 0.511 e. The van der Waals surface area contributed by atoms with Gasteiger partial charge in [-0.1, -0.05) is 0 Å². The maximum atomic E-state index is 12.6. The van der Waals surface area contributed by atoms with Gasteiger partial charge in [0.25, 0.3) is 0 Å². The zero-order valence-electron chi connectivity index (χ0n) is 15.5. The molecule has 1 saturated heterocycles. The number of hydrogen-bond donors (Lipinski definition) is 3. The van der Waals surface area contributed by atoms with Crippen LogP contribution in [-0.2, 0) is 14.8 Å². The Labute approximate surface area is 174 Å². The quantitative estimate of drug-likeness (QED) is 0.270. The van der Waals surface area contributed by atoms with Crippen LogP contribution in [0, 0.1) is 5.41 Å². The monoisotopic (exact) mass is 529 g/mol. The van der Waals surface area contributed by atoms with Crippen molar-refractivity contribution in [1.82, 2.24) is 14.9 Å². The highest BCUT2D eigenvalue weighted by Crippen LogP contribution is 2.28. The van der Waals surface area contributed by atoms with Crippen LogP contribution in [0.2, 0.25) is 0 Å². The number of carbonyl (C=O) groups excluding carboxylic acids is 1. The van der Waals surface area contributed by atoms with Crippen molar-refractivity contribution in [1.29, 1.82) is 0 Å². The molecule has 0 atom stereocenters. The van der Waals surface area contributed by atoms with E-state index in [1.165, 1.54) is 0 Å². The molecule has 160 valence electrons. The van der Waals surface area contributed by atoms with Crippen molar-refractivity contribution in [3.05, 3.63) is 0 Å². The highest BCUT2D eigenvalue weighted by molar-refractivity contribution is 14.0. The summed E-state index contributed by atoms with van der Waals surface area (Å²) in [5.41, 5.74) is -0.826. The van der Waals surface area contributed by atoms with Gasteiger partial charge in [-0.15, -0.1) is 24.0 Å². The van der Waals surface area contributed by atoms with Crippen molar-refractivity contribution in [3.8, 4) is 0 Å². The average Bonchev–Trinajstić information content (AvgIpc) is 2.52. The second kappa shape index (κ2) is 10.1. The first-order valence-corrected chi connectivity index (χ1v) is 9.66. The molecule has 1 amide bonds. The number of guanidine groups is 1. The summed E-state index contributed by atoms with van der Waals surface area (Å²) in [5.74, 6) is -0.0956. The van der Waals surface area contributed by atoms with Gasteiger partial charge in [-0.3, -0.25) is 9.79 Å². The van der Waals surface area contributed by atoms with Crippen molar-refractivity contribution in [3.63, 3.8) is 0 Å². The molecule has 0 spiro atoms. The van der Waals surface area contributed by atoms with Crippen LogP contribution in [0.1, 0.15) is 33.6 Å². The molecule has 0 aromatic rings. The Morgan fingerprint density at radius 3 is 2.19 bits per heavy atom. The number of carbonyl (C=O) groups is 1. The van der Waals surface area contributed by atoms with E-state index in [9.17, 15) is 26.4 Å². The molecule has 0 saturated carbocycles. The third-order valence-corrected chi connectivity index (χ3v) is 5.70. The predicted octanol–water partition coefficient (Wildman–Crippen LogP) is 0.985. The molecular formula is C14H27F3IN5O3S. The van der Waals surface area contributed by atoms with Gasteiger partial charge in [-0.05, 0) is 33.6 Å². The number of primary amides is 1. The van der Waals surface area contributed by atoms with Gasteiger partial charge in [0.2, 0.25) is 5.91 Å². The van der Waals surface area contributed by atoms with Gasteiger partial charge >= 0.3 is 15.5 Å². The second-order valence-electron chi connectivity index (χ2n) is 6.71. The van der Waals surface area contributed by atoms with E-state index in [1.54, 1.807) is 13.8 Å². The lowest BCUT2D eigenvalue weighted by Crippen LogP contribution is -2.52. The van der Waals surface area contributed by atoms with Crippen LogP contribution in [0.5, 0.6) is 0 Å². The molecule has 8 nitrogen and oxygen atoms in total. The Balaban J connectivity index is 0.00000676. The highest BCUT2D eigenvalue weighted by atomic mass is 127. The van der Waals surface area contributed by atoms with E-state index >= 15 is 0 Å².